The van der Waals surface area contributed by atoms with Gasteiger partial charge in [0.1, 0.15) is 5.56 Å². The molecule has 0 bridgehead atoms. The van der Waals surface area contributed by atoms with Crippen molar-refractivity contribution in [2.75, 3.05) is 23.5 Å². The van der Waals surface area contributed by atoms with Crippen molar-refractivity contribution in [2.45, 2.75) is 45.3 Å². The Morgan fingerprint density at radius 1 is 1.26 bits per heavy atom. The van der Waals surface area contributed by atoms with E-state index in [0.29, 0.717) is 22.2 Å². The number of amides is 1. The molecule has 3 heterocycles. The summed E-state index contributed by atoms with van der Waals surface area (Å²) in [6.45, 7) is 9.39. The molecule has 0 saturated carbocycles. The van der Waals surface area contributed by atoms with E-state index in [1.807, 2.05) is 6.07 Å². The average molecular weight is 494 g/mol. The third-order valence-corrected chi connectivity index (χ3v) is 6.75. The number of hydrogen-bond donors (Lipinski definition) is 3. The van der Waals surface area contributed by atoms with Gasteiger partial charge in [-0.05, 0) is 43.2 Å². The van der Waals surface area contributed by atoms with Crippen LogP contribution in [0.2, 0.25) is 5.02 Å². The summed E-state index contributed by atoms with van der Waals surface area (Å²) in [5, 5.41) is 17.6. The molecule has 0 saturated heterocycles. The van der Waals surface area contributed by atoms with E-state index < -0.39 is 5.60 Å². The number of fused-ring (bicyclic) bond motifs is 2. The number of carbonyl (C=O) groups excluding carboxylic acids is 1. The number of para-hydroxylation sites is 1. The number of ether oxygens (including phenoxy) is 1. The number of halogens is 1. The van der Waals surface area contributed by atoms with Gasteiger partial charge >= 0.3 is 0 Å². The van der Waals surface area contributed by atoms with Crippen molar-refractivity contribution in [3.63, 3.8) is 0 Å². The smallest absolute Gasteiger partial charge is 0.268 e. The first-order chi connectivity index (χ1) is 16.5. The molecule has 0 aliphatic carbocycles. The van der Waals surface area contributed by atoms with Crippen LogP contribution in [-0.4, -0.2) is 34.3 Å². The predicted molar refractivity (Wildman–Crippen MR) is 135 cm³/mol. The first-order valence-corrected chi connectivity index (χ1v) is 11.9. The minimum Gasteiger partial charge on any atom is -0.455 e. The van der Waals surface area contributed by atoms with Gasteiger partial charge in [0, 0.05) is 36.0 Å². The molecule has 1 aromatic heterocycles. The summed E-state index contributed by atoms with van der Waals surface area (Å²) in [5.74, 6) is 0.183. The van der Waals surface area contributed by atoms with Crippen LogP contribution in [0.5, 0.6) is 5.88 Å². The van der Waals surface area contributed by atoms with Gasteiger partial charge in [-0.3, -0.25) is 9.69 Å². The fourth-order valence-electron chi connectivity index (χ4n) is 4.67. The number of aromatic nitrogens is 2. The van der Waals surface area contributed by atoms with Gasteiger partial charge in [-0.2, -0.15) is 4.98 Å². The number of aliphatic hydroxyl groups is 1. The minimum absolute atomic E-state index is 0.0707. The lowest BCUT2D eigenvalue weighted by Crippen LogP contribution is -2.41. The molecule has 0 atom stereocenters. The van der Waals surface area contributed by atoms with Crippen molar-refractivity contribution in [1.29, 1.82) is 0 Å². The summed E-state index contributed by atoms with van der Waals surface area (Å²) in [4.78, 5) is 23.5. The SMILES string of the molecule is CC(C)(O)c1cccc(Cl)c1N1COc2nc(Nc3ccc4c(c3)CNCC4(C)C)ncc2C1=O. The normalized spacial score (nSPS) is 16.9. The van der Waals surface area contributed by atoms with Gasteiger partial charge in [-0.15, -0.1) is 0 Å². The molecule has 3 aromatic rings. The van der Waals surface area contributed by atoms with Gasteiger partial charge in [0.15, 0.2) is 6.73 Å². The number of nitrogens with zero attached hydrogens (tertiary/aromatic N) is 3. The number of nitrogens with one attached hydrogen (secondary N) is 2. The lowest BCUT2D eigenvalue weighted by Gasteiger charge is -2.33. The molecule has 9 heteroatoms. The van der Waals surface area contributed by atoms with Crippen LogP contribution >= 0.6 is 11.6 Å². The predicted octanol–water partition coefficient (Wildman–Crippen LogP) is 4.48. The van der Waals surface area contributed by atoms with E-state index in [2.05, 4.69) is 46.6 Å². The summed E-state index contributed by atoms with van der Waals surface area (Å²) in [6, 6.07) is 11.4. The molecular weight excluding hydrogens is 466 g/mol. The van der Waals surface area contributed by atoms with Crippen LogP contribution in [0, 0.1) is 0 Å². The van der Waals surface area contributed by atoms with E-state index in [0.717, 1.165) is 18.8 Å². The summed E-state index contributed by atoms with van der Waals surface area (Å²) < 4.78 is 5.84. The zero-order chi connectivity index (χ0) is 25.0. The summed E-state index contributed by atoms with van der Waals surface area (Å²) in [6.07, 6.45) is 1.45. The maximum absolute atomic E-state index is 13.3. The number of rotatable bonds is 4. The maximum Gasteiger partial charge on any atom is 0.268 e. The van der Waals surface area contributed by atoms with Crippen molar-refractivity contribution >= 4 is 34.8 Å². The first-order valence-electron chi connectivity index (χ1n) is 11.5. The van der Waals surface area contributed by atoms with E-state index in [9.17, 15) is 9.90 Å². The van der Waals surface area contributed by atoms with Crippen LogP contribution in [0.4, 0.5) is 17.3 Å². The molecule has 0 radical (unpaired) electrons. The highest BCUT2D eigenvalue weighted by Crippen LogP contribution is 2.39. The molecule has 0 fully saturated rings. The van der Waals surface area contributed by atoms with Crippen molar-refractivity contribution in [3.8, 4) is 5.88 Å². The topological polar surface area (TPSA) is 99.6 Å². The lowest BCUT2D eigenvalue weighted by molar-refractivity contribution is 0.0782. The minimum atomic E-state index is -1.20. The quantitative estimate of drug-likeness (QED) is 0.492. The highest BCUT2D eigenvalue weighted by Gasteiger charge is 2.34. The van der Waals surface area contributed by atoms with Crippen LogP contribution < -0.4 is 20.3 Å². The number of carbonyl (C=O) groups is 1. The van der Waals surface area contributed by atoms with Crippen molar-refractivity contribution in [1.82, 2.24) is 15.3 Å². The number of benzene rings is 2. The molecule has 2 aromatic carbocycles. The molecule has 8 nitrogen and oxygen atoms in total. The zero-order valence-electron chi connectivity index (χ0n) is 20.1. The first kappa shape index (κ1) is 23.5. The number of hydrogen-bond acceptors (Lipinski definition) is 7. The second-order valence-corrected chi connectivity index (χ2v) is 10.5. The van der Waals surface area contributed by atoms with E-state index in [-0.39, 0.29) is 29.5 Å². The van der Waals surface area contributed by atoms with Crippen LogP contribution in [0.15, 0.2) is 42.6 Å². The Kier molecular flexibility index (Phi) is 5.70. The average Bonchev–Trinajstić information content (AvgIpc) is 2.79. The largest absolute Gasteiger partial charge is 0.455 e. The highest BCUT2D eigenvalue weighted by molar-refractivity contribution is 6.34. The Bertz CT molecular complexity index is 1320. The van der Waals surface area contributed by atoms with Crippen molar-refractivity contribution < 1.29 is 14.6 Å². The molecule has 182 valence electrons. The van der Waals surface area contributed by atoms with E-state index in [1.165, 1.54) is 22.2 Å². The molecule has 0 spiro atoms. The van der Waals surface area contributed by atoms with Crippen LogP contribution in [-0.2, 0) is 17.6 Å². The summed E-state index contributed by atoms with van der Waals surface area (Å²) in [5.41, 5.74) is 3.43. The number of anilines is 3. The summed E-state index contributed by atoms with van der Waals surface area (Å²) >= 11 is 6.44. The lowest BCUT2D eigenvalue weighted by atomic mass is 9.79. The molecule has 2 aliphatic heterocycles. The Labute approximate surface area is 209 Å². The Morgan fingerprint density at radius 3 is 2.83 bits per heavy atom. The zero-order valence-corrected chi connectivity index (χ0v) is 20.9. The third-order valence-electron chi connectivity index (χ3n) is 6.45. The molecule has 35 heavy (non-hydrogen) atoms. The molecule has 5 rings (SSSR count). The van der Waals surface area contributed by atoms with Crippen LogP contribution in [0.25, 0.3) is 0 Å². The molecular formula is C26H28ClN5O3. The third kappa shape index (κ3) is 4.33. The Hall–Kier alpha value is -3.20. The van der Waals surface area contributed by atoms with Gasteiger partial charge in [0.25, 0.3) is 5.91 Å². The maximum atomic E-state index is 13.3. The van der Waals surface area contributed by atoms with Gasteiger partial charge in [0.05, 0.1) is 16.3 Å². The standard InChI is InChI=1S/C26H28ClN5O3/c1-25(2)13-28-11-15-10-16(8-9-18(15)25)30-24-29-12-17-22(31-24)35-14-32(23(17)33)21-19(26(3,4)34)6-5-7-20(21)27/h5-10,12,28,34H,11,13-14H2,1-4H3,(H,29,30,31). The Balaban J connectivity index is 1.41. The van der Waals surface area contributed by atoms with Crippen molar-refractivity contribution in [3.05, 3.63) is 69.9 Å². The monoisotopic (exact) mass is 493 g/mol. The van der Waals surface area contributed by atoms with Crippen LogP contribution in [0.1, 0.15) is 54.7 Å². The fraction of sp³-hybridized carbons (Fsp3) is 0.346. The fourth-order valence-corrected chi connectivity index (χ4v) is 4.95. The molecule has 3 N–H and O–H groups in total. The Morgan fingerprint density at radius 2 is 2.06 bits per heavy atom. The molecule has 0 unspecified atom stereocenters. The van der Waals surface area contributed by atoms with Crippen LogP contribution in [0.3, 0.4) is 0 Å². The van der Waals surface area contributed by atoms with E-state index in [1.54, 1.807) is 32.0 Å². The molecule has 2 aliphatic rings. The van der Waals surface area contributed by atoms with Gasteiger partial charge < -0.3 is 20.5 Å². The molecule has 1 amide bonds. The van der Waals surface area contributed by atoms with Gasteiger partial charge in [-0.1, -0.05) is 43.6 Å². The summed E-state index contributed by atoms with van der Waals surface area (Å²) in [7, 11) is 0. The van der Waals surface area contributed by atoms with Gasteiger partial charge in [0.2, 0.25) is 11.8 Å². The van der Waals surface area contributed by atoms with Gasteiger partial charge in [-0.25, -0.2) is 4.98 Å². The second-order valence-electron chi connectivity index (χ2n) is 10.1. The van der Waals surface area contributed by atoms with E-state index in [4.69, 9.17) is 16.3 Å². The highest BCUT2D eigenvalue weighted by atomic mass is 35.5. The van der Waals surface area contributed by atoms with E-state index >= 15 is 0 Å². The van der Waals surface area contributed by atoms with Crippen molar-refractivity contribution in [2.24, 2.45) is 0 Å². The second kappa shape index (κ2) is 8.48.